The number of hydrogen-bond donors (Lipinski definition) is 3. The highest BCUT2D eigenvalue weighted by Crippen LogP contribution is 2.48. The minimum atomic E-state index is -4.33. The summed E-state index contributed by atoms with van der Waals surface area (Å²) < 4.78 is 44.6. The summed E-state index contributed by atoms with van der Waals surface area (Å²) in [5, 5.41) is 15.9. The smallest absolute Gasteiger partial charge is 0.396 e. The third-order valence-electron chi connectivity index (χ3n) is 5.93. The fourth-order valence-electron chi connectivity index (χ4n) is 3.80. The Morgan fingerprint density at radius 2 is 1.96 bits per heavy atom. The predicted octanol–water partition coefficient (Wildman–Crippen LogP) is 2.69. The van der Waals surface area contributed by atoms with Gasteiger partial charge in [0.05, 0.1) is 12.2 Å². The second-order valence-corrected chi connectivity index (χ2v) is 7.91. The number of rotatable bonds is 7. The van der Waals surface area contributed by atoms with Gasteiger partial charge in [-0.2, -0.15) is 13.2 Å². The first-order valence-electron chi connectivity index (χ1n) is 9.63. The number of aliphatic hydroxyl groups is 1. The van der Waals surface area contributed by atoms with Gasteiger partial charge in [-0.05, 0) is 37.3 Å². The number of nitrogens with one attached hydrogen (secondary N) is 2. The fourth-order valence-corrected chi connectivity index (χ4v) is 3.80. The summed E-state index contributed by atoms with van der Waals surface area (Å²) in [7, 11) is 1.67. The molecule has 1 aromatic carbocycles. The van der Waals surface area contributed by atoms with Crippen LogP contribution in [0.4, 0.5) is 13.2 Å². The van der Waals surface area contributed by atoms with Gasteiger partial charge in [-0.1, -0.05) is 18.2 Å². The number of aliphatic imine (C=N–C) groups is 1. The monoisotopic (exact) mass is 399 g/mol. The molecule has 0 amide bonds. The van der Waals surface area contributed by atoms with E-state index >= 15 is 0 Å². The summed E-state index contributed by atoms with van der Waals surface area (Å²) in [5.74, 6) is 0.613. The topological polar surface area (TPSA) is 65.9 Å². The van der Waals surface area contributed by atoms with E-state index in [0.717, 1.165) is 25.3 Å². The molecule has 1 heterocycles. The zero-order valence-electron chi connectivity index (χ0n) is 16.1. The third kappa shape index (κ3) is 4.78. The SMILES string of the molecule is CN=C(NCC1(CCO)CCOC1)NCC1(c2cccc(C(F)(F)F)c2)CC1. The molecule has 2 aliphatic rings. The molecule has 8 heteroatoms. The Hall–Kier alpha value is -1.80. The molecule has 0 spiro atoms. The highest BCUT2D eigenvalue weighted by molar-refractivity contribution is 5.79. The summed E-state index contributed by atoms with van der Waals surface area (Å²) in [6.45, 7) is 2.55. The van der Waals surface area contributed by atoms with Crippen molar-refractivity contribution in [1.29, 1.82) is 0 Å². The second-order valence-electron chi connectivity index (χ2n) is 7.91. The summed E-state index contributed by atoms with van der Waals surface area (Å²) in [6.07, 6.45) is -1.10. The molecule has 1 saturated carbocycles. The van der Waals surface area contributed by atoms with Crippen molar-refractivity contribution in [3.8, 4) is 0 Å². The number of halogens is 3. The zero-order chi connectivity index (χ0) is 20.3. The van der Waals surface area contributed by atoms with E-state index in [-0.39, 0.29) is 17.4 Å². The van der Waals surface area contributed by atoms with Crippen LogP contribution in [0.3, 0.4) is 0 Å². The normalized spacial score (nSPS) is 24.2. The molecule has 1 aromatic rings. The zero-order valence-corrected chi connectivity index (χ0v) is 16.1. The van der Waals surface area contributed by atoms with Gasteiger partial charge in [0, 0.05) is 44.2 Å². The summed E-state index contributed by atoms with van der Waals surface area (Å²) in [4.78, 5) is 4.23. The Morgan fingerprint density at radius 1 is 1.21 bits per heavy atom. The number of alkyl halides is 3. The number of benzene rings is 1. The van der Waals surface area contributed by atoms with Crippen LogP contribution >= 0.6 is 0 Å². The molecule has 1 atom stereocenters. The molecule has 0 bridgehead atoms. The molecule has 1 unspecified atom stereocenters. The Bertz CT molecular complexity index is 696. The van der Waals surface area contributed by atoms with Crippen molar-refractivity contribution < 1.29 is 23.0 Å². The molecular weight excluding hydrogens is 371 g/mol. The lowest BCUT2D eigenvalue weighted by Crippen LogP contribution is -2.46. The average Bonchev–Trinajstić information content (AvgIpc) is 3.33. The summed E-state index contributed by atoms with van der Waals surface area (Å²) in [5.41, 5.74) is -0.278. The molecule has 28 heavy (non-hydrogen) atoms. The Morgan fingerprint density at radius 3 is 2.54 bits per heavy atom. The van der Waals surface area contributed by atoms with Crippen molar-refractivity contribution >= 4 is 5.96 Å². The van der Waals surface area contributed by atoms with E-state index in [0.29, 0.717) is 44.2 Å². The van der Waals surface area contributed by atoms with Crippen LogP contribution in [0, 0.1) is 5.41 Å². The first-order chi connectivity index (χ1) is 13.3. The number of guanidine groups is 1. The van der Waals surface area contributed by atoms with Gasteiger partial charge in [0.15, 0.2) is 5.96 Å². The van der Waals surface area contributed by atoms with Crippen LogP contribution in [0.25, 0.3) is 0 Å². The van der Waals surface area contributed by atoms with Crippen LogP contribution < -0.4 is 10.6 Å². The van der Waals surface area contributed by atoms with Gasteiger partial charge in [-0.3, -0.25) is 4.99 Å². The molecule has 0 radical (unpaired) electrons. The van der Waals surface area contributed by atoms with E-state index in [1.807, 2.05) is 0 Å². The molecule has 156 valence electrons. The Balaban J connectivity index is 1.59. The summed E-state index contributed by atoms with van der Waals surface area (Å²) in [6, 6.07) is 5.62. The van der Waals surface area contributed by atoms with Gasteiger partial charge in [-0.15, -0.1) is 0 Å². The highest BCUT2D eigenvalue weighted by atomic mass is 19.4. The molecule has 3 rings (SSSR count). The fraction of sp³-hybridized carbons (Fsp3) is 0.650. The maximum atomic E-state index is 13.0. The quantitative estimate of drug-likeness (QED) is 0.487. The Kier molecular flexibility index (Phi) is 6.19. The second kappa shape index (κ2) is 8.29. The van der Waals surface area contributed by atoms with Crippen LogP contribution in [0.5, 0.6) is 0 Å². The van der Waals surface area contributed by atoms with Gasteiger partial charge in [0.1, 0.15) is 0 Å². The number of ether oxygens (including phenoxy) is 1. The molecule has 1 aliphatic carbocycles. The number of aliphatic hydroxyl groups excluding tert-OH is 1. The van der Waals surface area contributed by atoms with Crippen LogP contribution in [0.1, 0.15) is 36.8 Å². The van der Waals surface area contributed by atoms with Crippen LogP contribution in [0.2, 0.25) is 0 Å². The van der Waals surface area contributed by atoms with Gasteiger partial charge < -0.3 is 20.5 Å². The first-order valence-corrected chi connectivity index (χ1v) is 9.63. The van der Waals surface area contributed by atoms with Crippen molar-refractivity contribution in [3.05, 3.63) is 35.4 Å². The van der Waals surface area contributed by atoms with E-state index in [1.165, 1.54) is 12.1 Å². The lowest BCUT2D eigenvalue weighted by Gasteiger charge is -2.28. The number of hydrogen-bond acceptors (Lipinski definition) is 3. The van der Waals surface area contributed by atoms with Crippen molar-refractivity contribution in [3.63, 3.8) is 0 Å². The molecule has 0 aromatic heterocycles. The van der Waals surface area contributed by atoms with E-state index in [2.05, 4.69) is 15.6 Å². The van der Waals surface area contributed by atoms with Gasteiger partial charge in [0.25, 0.3) is 0 Å². The van der Waals surface area contributed by atoms with E-state index in [1.54, 1.807) is 13.1 Å². The number of nitrogens with zero attached hydrogens (tertiary/aromatic N) is 1. The third-order valence-corrected chi connectivity index (χ3v) is 5.93. The molecule has 2 fully saturated rings. The van der Waals surface area contributed by atoms with Crippen molar-refractivity contribution in [1.82, 2.24) is 10.6 Å². The van der Waals surface area contributed by atoms with E-state index in [4.69, 9.17) is 4.74 Å². The van der Waals surface area contributed by atoms with E-state index < -0.39 is 11.7 Å². The first kappa shape index (κ1) is 20.9. The van der Waals surface area contributed by atoms with Gasteiger partial charge in [-0.25, -0.2) is 0 Å². The van der Waals surface area contributed by atoms with E-state index in [9.17, 15) is 18.3 Å². The van der Waals surface area contributed by atoms with Gasteiger partial charge >= 0.3 is 6.18 Å². The van der Waals surface area contributed by atoms with Crippen molar-refractivity contribution in [2.24, 2.45) is 10.4 Å². The van der Waals surface area contributed by atoms with Crippen LogP contribution in [-0.2, 0) is 16.3 Å². The maximum Gasteiger partial charge on any atom is 0.416 e. The minimum Gasteiger partial charge on any atom is -0.396 e. The van der Waals surface area contributed by atoms with Crippen LogP contribution in [0.15, 0.2) is 29.3 Å². The van der Waals surface area contributed by atoms with Crippen LogP contribution in [-0.4, -0.2) is 51.0 Å². The van der Waals surface area contributed by atoms with Crippen molar-refractivity contribution in [2.75, 3.05) is 40.0 Å². The molecule has 5 nitrogen and oxygen atoms in total. The average molecular weight is 399 g/mol. The molecule has 1 saturated heterocycles. The molecule has 1 aliphatic heterocycles. The van der Waals surface area contributed by atoms with Crippen molar-refractivity contribution in [2.45, 2.75) is 37.3 Å². The minimum absolute atomic E-state index is 0.106. The molecular formula is C20H28F3N3O2. The standard InChI is InChI=1S/C20H28F3N3O2/c1-24-17(25-12-18(7-9-27)8-10-28-14-18)26-13-19(5-6-19)15-3-2-4-16(11-15)20(21,22)23/h2-4,11,27H,5-10,12-14H2,1H3,(H2,24,25,26). The molecule has 3 N–H and O–H groups in total. The van der Waals surface area contributed by atoms with Gasteiger partial charge in [0.2, 0.25) is 0 Å². The largest absolute Gasteiger partial charge is 0.416 e. The maximum absolute atomic E-state index is 13.0. The Labute approximate surface area is 163 Å². The predicted molar refractivity (Wildman–Crippen MR) is 101 cm³/mol. The lowest BCUT2D eigenvalue weighted by molar-refractivity contribution is -0.137. The summed E-state index contributed by atoms with van der Waals surface area (Å²) >= 11 is 0. The highest BCUT2D eigenvalue weighted by Gasteiger charge is 2.45. The lowest BCUT2D eigenvalue weighted by atomic mass is 9.84.